The van der Waals surface area contributed by atoms with Crippen molar-refractivity contribution in [2.45, 2.75) is 48.7 Å². The maximum absolute atomic E-state index is 13.0. The van der Waals surface area contributed by atoms with Gasteiger partial charge in [-0.05, 0) is 0 Å². The van der Waals surface area contributed by atoms with Crippen LogP contribution in [-0.2, 0) is 10.1 Å². The molecule has 134 valence electrons. The molecule has 14 heteroatoms. The van der Waals surface area contributed by atoms with E-state index in [0.717, 1.165) is 0 Å². The second-order valence-corrected chi connectivity index (χ2v) is 5.49. The van der Waals surface area contributed by atoms with E-state index < -0.39 is 58.8 Å². The van der Waals surface area contributed by atoms with E-state index in [2.05, 4.69) is 0 Å². The molecule has 0 aliphatic rings. The first-order valence-corrected chi connectivity index (χ1v) is 6.57. The number of hydrogen-bond donors (Lipinski definition) is 1. The summed E-state index contributed by atoms with van der Waals surface area (Å²) in [6.07, 6.45) is -29.6. The molecule has 0 aromatic carbocycles. The highest BCUT2D eigenvalue weighted by Crippen LogP contribution is 2.34. The minimum Gasteiger partial charge on any atom is -0.281 e. The van der Waals surface area contributed by atoms with E-state index in [1.807, 2.05) is 0 Å². The van der Waals surface area contributed by atoms with Crippen molar-refractivity contribution in [2.75, 3.05) is 0 Å². The Kier molecular flexibility index (Phi) is 6.93. The Morgan fingerprint density at radius 2 is 1.00 bits per heavy atom. The molecule has 0 rings (SSSR count). The first-order chi connectivity index (χ1) is 9.66. The summed E-state index contributed by atoms with van der Waals surface area (Å²) in [5.41, 5.74) is 0. The SMILES string of the molecule is O=S(=O)(O)C(F)(F)C(F)C(F)C(F)C(F)C(F)C(F)C(F)F. The summed E-state index contributed by atoms with van der Waals surface area (Å²) in [5, 5.41) is -5.93. The van der Waals surface area contributed by atoms with Crippen molar-refractivity contribution in [3.8, 4) is 0 Å². The largest absolute Gasteiger partial charge is 0.403 e. The highest BCUT2D eigenvalue weighted by molar-refractivity contribution is 7.86. The Balaban J connectivity index is 5.18. The minimum absolute atomic E-state index is 3.96. The molecule has 1 N–H and O–H groups in total. The molecule has 0 saturated heterocycles. The van der Waals surface area contributed by atoms with Gasteiger partial charge in [0.15, 0.2) is 30.9 Å². The summed E-state index contributed by atoms with van der Waals surface area (Å²) in [7, 11) is -6.58. The third-order valence-corrected chi connectivity index (χ3v) is 3.32. The number of halogens is 10. The Morgan fingerprint density at radius 3 is 1.32 bits per heavy atom. The molecule has 0 aromatic rings. The summed E-state index contributed by atoms with van der Waals surface area (Å²) in [6, 6.07) is 0. The third kappa shape index (κ3) is 4.36. The average molecular weight is 374 g/mol. The smallest absolute Gasteiger partial charge is 0.281 e. The topological polar surface area (TPSA) is 54.4 Å². The second kappa shape index (κ2) is 7.19. The van der Waals surface area contributed by atoms with Crippen LogP contribution in [0.25, 0.3) is 0 Å². The fraction of sp³-hybridized carbons (Fsp3) is 1.00. The number of alkyl halides is 10. The molecule has 0 aliphatic carbocycles. The van der Waals surface area contributed by atoms with Gasteiger partial charge in [0.1, 0.15) is 0 Å². The van der Waals surface area contributed by atoms with Crippen LogP contribution in [0.15, 0.2) is 0 Å². The quantitative estimate of drug-likeness (QED) is 0.525. The molecule has 6 atom stereocenters. The summed E-state index contributed by atoms with van der Waals surface area (Å²) < 4.78 is 154. The molecule has 6 unspecified atom stereocenters. The normalized spacial score (nSPS) is 22.0. The molecule has 0 aliphatic heterocycles. The monoisotopic (exact) mass is 374 g/mol. The van der Waals surface area contributed by atoms with Crippen LogP contribution < -0.4 is 0 Å². The van der Waals surface area contributed by atoms with Gasteiger partial charge in [0.05, 0.1) is 0 Å². The van der Waals surface area contributed by atoms with Gasteiger partial charge in [-0.15, -0.1) is 0 Å². The number of hydrogen-bond acceptors (Lipinski definition) is 2. The van der Waals surface area contributed by atoms with E-state index in [-0.39, 0.29) is 0 Å². The maximum Gasteiger partial charge on any atom is 0.403 e. The summed E-state index contributed by atoms with van der Waals surface area (Å²) in [6.45, 7) is 0. The van der Waals surface area contributed by atoms with E-state index in [0.29, 0.717) is 0 Å². The lowest BCUT2D eigenvalue weighted by Crippen LogP contribution is -2.51. The molecule has 0 heterocycles. The van der Waals surface area contributed by atoms with E-state index in [9.17, 15) is 52.3 Å². The van der Waals surface area contributed by atoms with Crippen molar-refractivity contribution in [1.82, 2.24) is 0 Å². The van der Waals surface area contributed by atoms with Crippen molar-refractivity contribution in [3.63, 3.8) is 0 Å². The summed E-state index contributed by atoms with van der Waals surface area (Å²) >= 11 is 0. The molecule has 0 saturated carbocycles. The Labute approximate surface area is 117 Å². The van der Waals surface area contributed by atoms with Crippen molar-refractivity contribution < 1.29 is 56.9 Å². The standard InChI is InChI=1S/C8H8F10O3S/c9-1(3(11)5(13)7(15)16)2(10)4(12)6(14)8(17,18)22(19,20)21/h1-7H,(H,19,20,21). The lowest BCUT2D eigenvalue weighted by atomic mass is 10.0. The molecule has 3 nitrogen and oxygen atoms in total. The summed E-state index contributed by atoms with van der Waals surface area (Å²) in [4.78, 5) is 0. The zero-order chi connectivity index (χ0) is 18.0. The van der Waals surface area contributed by atoms with Crippen LogP contribution in [0.5, 0.6) is 0 Å². The molecule has 0 bridgehead atoms. The predicted molar refractivity (Wildman–Crippen MR) is 51.9 cm³/mol. The maximum atomic E-state index is 13.0. The van der Waals surface area contributed by atoms with Crippen LogP contribution in [0.2, 0.25) is 0 Å². The Hall–Kier alpha value is -0.790. The van der Waals surface area contributed by atoms with Gasteiger partial charge in [-0.1, -0.05) is 0 Å². The van der Waals surface area contributed by atoms with Gasteiger partial charge in [0, 0.05) is 0 Å². The van der Waals surface area contributed by atoms with Gasteiger partial charge in [-0.3, -0.25) is 4.55 Å². The van der Waals surface area contributed by atoms with Gasteiger partial charge in [-0.2, -0.15) is 17.2 Å². The highest BCUT2D eigenvalue weighted by Gasteiger charge is 2.59. The zero-order valence-corrected chi connectivity index (χ0v) is 10.8. The number of rotatable bonds is 8. The van der Waals surface area contributed by atoms with Crippen LogP contribution in [0, 0.1) is 0 Å². The van der Waals surface area contributed by atoms with E-state index >= 15 is 0 Å². The molecule has 0 radical (unpaired) electrons. The van der Waals surface area contributed by atoms with Crippen molar-refractivity contribution in [3.05, 3.63) is 0 Å². The van der Waals surface area contributed by atoms with Gasteiger partial charge in [-0.25, -0.2) is 35.1 Å². The van der Waals surface area contributed by atoms with Gasteiger partial charge < -0.3 is 0 Å². The van der Waals surface area contributed by atoms with Crippen molar-refractivity contribution >= 4 is 10.1 Å². The highest BCUT2D eigenvalue weighted by atomic mass is 32.2. The van der Waals surface area contributed by atoms with E-state index in [1.54, 1.807) is 0 Å². The van der Waals surface area contributed by atoms with Crippen LogP contribution >= 0.6 is 0 Å². The fourth-order valence-corrected chi connectivity index (χ4v) is 1.57. The fourth-order valence-electron chi connectivity index (χ4n) is 1.15. The zero-order valence-electron chi connectivity index (χ0n) is 9.99. The molecule has 0 spiro atoms. The molecular weight excluding hydrogens is 366 g/mol. The molecule has 0 aromatic heterocycles. The molecular formula is C8H8F10O3S. The molecule has 0 fully saturated rings. The third-order valence-electron chi connectivity index (χ3n) is 2.40. The molecule has 0 amide bonds. The van der Waals surface area contributed by atoms with Crippen LogP contribution in [0.1, 0.15) is 0 Å². The minimum atomic E-state index is -6.58. The Morgan fingerprint density at radius 1 is 0.682 bits per heavy atom. The van der Waals surface area contributed by atoms with Gasteiger partial charge >= 0.3 is 15.4 Å². The lowest BCUT2D eigenvalue weighted by Gasteiger charge is -2.26. The predicted octanol–water partition coefficient (Wildman–Crippen LogP) is 2.76. The Bertz CT molecular complexity index is 457. The summed E-state index contributed by atoms with van der Waals surface area (Å²) in [5.74, 6) is 0. The second-order valence-electron chi connectivity index (χ2n) is 4.00. The van der Waals surface area contributed by atoms with Crippen molar-refractivity contribution in [2.24, 2.45) is 0 Å². The first kappa shape index (κ1) is 21.2. The first-order valence-electron chi connectivity index (χ1n) is 5.13. The van der Waals surface area contributed by atoms with Crippen LogP contribution in [0.3, 0.4) is 0 Å². The average Bonchev–Trinajstić information content (AvgIpc) is 2.40. The van der Waals surface area contributed by atoms with Crippen molar-refractivity contribution in [1.29, 1.82) is 0 Å². The lowest BCUT2D eigenvalue weighted by molar-refractivity contribution is -0.0908. The van der Waals surface area contributed by atoms with E-state index in [4.69, 9.17) is 4.55 Å². The van der Waals surface area contributed by atoms with Gasteiger partial charge in [0.25, 0.3) is 6.43 Å². The van der Waals surface area contributed by atoms with Crippen LogP contribution in [-0.4, -0.2) is 61.7 Å². The van der Waals surface area contributed by atoms with Gasteiger partial charge in [0.2, 0.25) is 6.17 Å². The molecule has 22 heavy (non-hydrogen) atoms. The van der Waals surface area contributed by atoms with Crippen LogP contribution in [0.4, 0.5) is 43.9 Å². The van der Waals surface area contributed by atoms with E-state index in [1.165, 1.54) is 0 Å².